The summed E-state index contributed by atoms with van der Waals surface area (Å²) in [6.45, 7) is 0. The second-order valence-corrected chi connectivity index (χ2v) is 8.55. The lowest BCUT2D eigenvalue weighted by molar-refractivity contribution is -0.122. The van der Waals surface area contributed by atoms with Gasteiger partial charge in [-0.3, -0.25) is 14.4 Å². The third-order valence-electron chi connectivity index (χ3n) is 6.07. The fourth-order valence-electron chi connectivity index (χ4n) is 4.26. The Morgan fingerprint density at radius 2 is 1.69 bits per heavy atom. The molecule has 2 atom stereocenters. The van der Waals surface area contributed by atoms with E-state index in [9.17, 15) is 14.4 Å². The summed E-state index contributed by atoms with van der Waals surface area (Å²) in [7, 11) is 0. The number of aromatic nitrogens is 2. The van der Waals surface area contributed by atoms with Crippen molar-refractivity contribution in [1.82, 2.24) is 20.6 Å². The summed E-state index contributed by atoms with van der Waals surface area (Å²) >= 11 is 0. The van der Waals surface area contributed by atoms with Crippen molar-refractivity contribution < 1.29 is 14.4 Å². The maximum atomic E-state index is 13.0. The molecule has 0 bridgehead atoms. The Morgan fingerprint density at radius 3 is 2.51 bits per heavy atom. The number of fused-ring (bicyclic) bond motifs is 2. The van der Waals surface area contributed by atoms with Crippen LogP contribution in [-0.2, 0) is 16.0 Å². The van der Waals surface area contributed by atoms with Gasteiger partial charge in [-0.15, -0.1) is 0 Å². The predicted octanol–water partition coefficient (Wildman–Crippen LogP) is 3.49. The molecule has 4 aromatic rings. The minimum absolute atomic E-state index is 0.0697. The molecule has 1 aliphatic rings. The average Bonchev–Trinajstić information content (AvgIpc) is 3.26. The molecule has 0 spiro atoms. The van der Waals surface area contributed by atoms with Gasteiger partial charge in [0.15, 0.2) is 0 Å². The van der Waals surface area contributed by atoms with E-state index < -0.39 is 6.04 Å². The van der Waals surface area contributed by atoms with Gasteiger partial charge in [-0.25, -0.2) is 4.98 Å². The van der Waals surface area contributed by atoms with Crippen molar-refractivity contribution in [2.24, 2.45) is 0 Å². The quantitative estimate of drug-likeness (QED) is 0.333. The van der Waals surface area contributed by atoms with E-state index in [1.165, 1.54) is 0 Å². The number of benzene rings is 3. The Bertz CT molecular complexity index is 1350. The van der Waals surface area contributed by atoms with Crippen LogP contribution in [0.2, 0.25) is 0 Å². The lowest BCUT2D eigenvalue weighted by atomic mass is 10.0. The smallest absolute Gasteiger partial charge is 0.254 e. The molecule has 4 N–H and O–H groups in total. The Kier molecular flexibility index (Phi) is 6.26. The van der Waals surface area contributed by atoms with E-state index in [-0.39, 0.29) is 36.6 Å². The molecular weight excluding hydrogens is 442 g/mol. The molecule has 0 radical (unpaired) electrons. The minimum atomic E-state index is -0.806. The van der Waals surface area contributed by atoms with Crippen LogP contribution in [0, 0.1) is 0 Å². The van der Waals surface area contributed by atoms with Crippen LogP contribution >= 0.6 is 0 Å². The highest BCUT2D eigenvalue weighted by molar-refractivity contribution is 6.09. The highest BCUT2D eigenvalue weighted by atomic mass is 16.2. The molecule has 0 aliphatic carbocycles. The van der Waals surface area contributed by atoms with Crippen molar-refractivity contribution in [3.63, 3.8) is 0 Å². The number of carbonyl (C=O) groups is 3. The molecule has 3 aromatic carbocycles. The fourth-order valence-corrected chi connectivity index (χ4v) is 4.26. The second kappa shape index (κ2) is 9.80. The largest absolute Gasteiger partial charge is 0.346 e. The zero-order valence-corrected chi connectivity index (χ0v) is 19.0. The van der Waals surface area contributed by atoms with Gasteiger partial charge in [0.25, 0.3) is 5.91 Å². The number of para-hydroxylation sites is 3. The number of H-pyrrole nitrogens is 1. The first-order valence-corrected chi connectivity index (χ1v) is 11.6. The molecule has 8 heteroatoms. The standard InChI is InChI=1S/C27H25N5O3/c33-24(15-14-22-27(35)31-19-11-5-4-10-18(19)26(34)32-22)28-23(16-17-8-2-1-3-9-17)25-29-20-12-6-7-13-21(20)30-25/h1-13,22-23H,14-16H2,(H,28,33)(H,29,30)(H,31,35)(H,32,34)/t22-,23-/m0/s1. The van der Waals surface area contributed by atoms with Gasteiger partial charge in [-0.2, -0.15) is 0 Å². The van der Waals surface area contributed by atoms with Crippen LogP contribution in [0.1, 0.15) is 40.6 Å². The molecule has 5 rings (SSSR count). The molecule has 8 nitrogen and oxygen atoms in total. The van der Waals surface area contributed by atoms with E-state index in [4.69, 9.17) is 0 Å². The molecule has 1 aromatic heterocycles. The highest BCUT2D eigenvalue weighted by Gasteiger charge is 2.28. The van der Waals surface area contributed by atoms with Crippen molar-refractivity contribution in [3.05, 3.63) is 95.8 Å². The van der Waals surface area contributed by atoms with E-state index in [0.29, 0.717) is 23.5 Å². The van der Waals surface area contributed by atoms with Crippen LogP contribution in [0.25, 0.3) is 11.0 Å². The number of amides is 3. The number of imidazole rings is 1. The number of carbonyl (C=O) groups excluding carboxylic acids is 3. The summed E-state index contributed by atoms with van der Waals surface area (Å²) in [5.74, 6) is -0.239. The van der Waals surface area contributed by atoms with Gasteiger partial charge < -0.3 is 20.9 Å². The second-order valence-electron chi connectivity index (χ2n) is 8.55. The summed E-state index contributed by atoms with van der Waals surface area (Å²) < 4.78 is 0. The number of nitrogens with zero attached hydrogens (tertiary/aromatic N) is 1. The van der Waals surface area contributed by atoms with E-state index in [0.717, 1.165) is 16.6 Å². The maximum absolute atomic E-state index is 13.0. The Morgan fingerprint density at radius 1 is 0.943 bits per heavy atom. The molecule has 2 heterocycles. The first kappa shape index (κ1) is 22.3. The van der Waals surface area contributed by atoms with Crippen molar-refractivity contribution >= 4 is 34.4 Å². The van der Waals surface area contributed by atoms with Crippen LogP contribution in [0.5, 0.6) is 0 Å². The van der Waals surface area contributed by atoms with E-state index in [1.807, 2.05) is 54.6 Å². The molecule has 3 amide bonds. The van der Waals surface area contributed by atoms with Gasteiger partial charge >= 0.3 is 0 Å². The summed E-state index contributed by atoms with van der Waals surface area (Å²) in [5, 5.41) is 8.57. The van der Waals surface area contributed by atoms with Crippen molar-refractivity contribution in [3.8, 4) is 0 Å². The lowest BCUT2D eigenvalue weighted by Gasteiger charge is -2.18. The number of aromatic amines is 1. The van der Waals surface area contributed by atoms with Crippen LogP contribution in [0.3, 0.4) is 0 Å². The van der Waals surface area contributed by atoms with Gasteiger partial charge in [-0.05, 0) is 42.7 Å². The van der Waals surface area contributed by atoms with Gasteiger partial charge in [0, 0.05) is 6.42 Å². The van der Waals surface area contributed by atoms with E-state index >= 15 is 0 Å². The highest BCUT2D eigenvalue weighted by Crippen LogP contribution is 2.21. The monoisotopic (exact) mass is 467 g/mol. The van der Waals surface area contributed by atoms with Gasteiger partial charge in [-0.1, -0.05) is 54.6 Å². The van der Waals surface area contributed by atoms with Gasteiger partial charge in [0.2, 0.25) is 11.8 Å². The first-order valence-electron chi connectivity index (χ1n) is 11.6. The summed E-state index contributed by atoms with van der Waals surface area (Å²) in [6, 6.07) is 23.2. The van der Waals surface area contributed by atoms with E-state index in [1.54, 1.807) is 24.3 Å². The molecule has 0 saturated heterocycles. The van der Waals surface area contributed by atoms with Gasteiger partial charge in [0.1, 0.15) is 11.9 Å². The minimum Gasteiger partial charge on any atom is -0.346 e. The van der Waals surface area contributed by atoms with Crippen molar-refractivity contribution in [1.29, 1.82) is 0 Å². The fraction of sp³-hybridized carbons (Fsp3) is 0.185. The third kappa shape index (κ3) is 5.06. The molecule has 0 unspecified atom stereocenters. The Balaban J connectivity index is 1.28. The molecule has 176 valence electrons. The van der Waals surface area contributed by atoms with Crippen LogP contribution in [0.4, 0.5) is 5.69 Å². The van der Waals surface area contributed by atoms with Gasteiger partial charge in [0.05, 0.1) is 28.3 Å². The number of anilines is 1. The van der Waals surface area contributed by atoms with Crippen molar-refractivity contribution in [2.75, 3.05) is 5.32 Å². The average molecular weight is 468 g/mol. The zero-order chi connectivity index (χ0) is 24.2. The normalized spacial score (nSPS) is 16.1. The SMILES string of the molecule is O=C(CC[C@@H]1NC(=O)c2ccccc2NC1=O)N[C@@H](Cc1ccccc1)c1nc2ccccc2[nH]1. The summed E-state index contributed by atoms with van der Waals surface area (Å²) in [5.41, 5.74) is 3.65. The van der Waals surface area contributed by atoms with E-state index in [2.05, 4.69) is 25.9 Å². The Hall–Kier alpha value is -4.46. The van der Waals surface area contributed by atoms with Crippen LogP contribution in [-0.4, -0.2) is 33.7 Å². The molecule has 0 saturated carbocycles. The molecule has 35 heavy (non-hydrogen) atoms. The molecule has 1 aliphatic heterocycles. The summed E-state index contributed by atoms with van der Waals surface area (Å²) in [6.07, 6.45) is 0.804. The first-order chi connectivity index (χ1) is 17.1. The number of nitrogens with one attached hydrogen (secondary N) is 4. The number of hydrogen-bond acceptors (Lipinski definition) is 4. The zero-order valence-electron chi connectivity index (χ0n) is 19.0. The Labute approximate surface area is 202 Å². The number of hydrogen-bond donors (Lipinski definition) is 4. The topological polar surface area (TPSA) is 116 Å². The lowest BCUT2D eigenvalue weighted by Crippen LogP contribution is -2.42. The third-order valence-corrected chi connectivity index (χ3v) is 6.07. The predicted molar refractivity (Wildman–Crippen MR) is 133 cm³/mol. The summed E-state index contributed by atoms with van der Waals surface area (Å²) in [4.78, 5) is 46.1. The number of rotatable bonds is 7. The van der Waals surface area contributed by atoms with Crippen molar-refractivity contribution in [2.45, 2.75) is 31.3 Å². The molecule has 0 fully saturated rings. The van der Waals surface area contributed by atoms with Crippen LogP contribution in [0.15, 0.2) is 78.9 Å². The maximum Gasteiger partial charge on any atom is 0.254 e. The van der Waals surface area contributed by atoms with Crippen LogP contribution < -0.4 is 16.0 Å². The molecular formula is C27H25N5O3.